The summed E-state index contributed by atoms with van der Waals surface area (Å²) in [5, 5.41) is 9.44. The van der Waals surface area contributed by atoms with Gasteiger partial charge in [0.05, 0.1) is 0 Å². The topological polar surface area (TPSA) is 53.0 Å². The largest absolute Gasteiger partial charge is 0.444 e. The van der Waals surface area contributed by atoms with Gasteiger partial charge < -0.3 is 14.7 Å². The van der Waals surface area contributed by atoms with Crippen LogP contribution in [0.2, 0.25) is 0 Å². The molecule has 2 aliphatic rings. The first-order valence-corrected chi connectivity index (χ1v) is 8.20. The molecule has 5 nitrogen and oxygen atoms in total. The zero-order chi connectivity index (χ0) is 15.5. The number of aliphatic hydroxyl groups is 1. The maximum absolute atomic E-state index is 12.1. The van der Waals surface area contributed by atoms with Crippen molar-refractivity contribution in [3.05, 3.63) is 0 Å². The van der Waals surface area contributed by atoms with Gasteiger partial charge in [-0.2, -0.15) is 0 Å². The Kier molecular flexibility index (Phi) is 5.15. The van der Waals surface area contributed by atoms with Crippen LogP contribution < -0.4 is 0 Å². The van der Waals surface area contributed by atoms with Crippen LogP contribution in [0.3, 0.4) is 0 Å². The van der Waals surface area contributed by atoms with Crippen molar-refractivity contribution >= 4 is 6.09 Å². The lowest BCUT2D eigenvalue weighted by molar-refractivity contribution is -0.00840. The van der Waals surface area contributed by atoms with Crippen molar-refractivity contribution in [1.82, 2.24) is 9.80 Å². The predicted octanol–water partition coefficient (Wildman–Crippen LogP) is 2.23. The van der Waals surface area contributed by atoms with Gasteiger partial charge >= 0.3 is 6.09 Å². The molecule has 0 aromatic heterocycles. The van der Waals surface area contributed by atoms with E-state index < -0.39 is 5.60 Å². The van der Waals surface area contributed by atoms with E-state index in [1.54, 1.807) is 0 Å². The Balaban J connectivity index is 1.94. The number of amides is 1. The number of hydrogen-bond donors (Lipinski definition) is 1. The normalized spacial score (nSPS) is 23.3. The lowest BCUT2D eigenvalue weighted by Crippen LogP contribution is -2.56. The second-order valence-corrected chi connectivity index (χ2v) is 7.36. The summed E-state index contributed by atoms with van der Waals surface area (Å²) < 4.78 is 5.45. The maximum Gasteiger partial charge on any atom is 0.410 e. The van der Waals surface area contributed by atoms with Crippen LogP contribution in [0.25, 0.3) is 0 Å². The van der Waals surface area contributed by atoms with Crippen molar-refractivity contribution in [1.29, 1.82) is 0 Å². The minimum absolute atomic E-state index is 0.0871. The standard InChI is InChI=1S/C16H30N2O3/c1-15(2,3)21-14(20)17-11-6-16(7-12-17,8-13-19)18-9-4-5-10-18/h19H,4-13H2,1-3H3. The molecule has 0 saturated carbocycles. The zero-order valence-corrected chi connectivity index (χ0v) is 13.7. The van der Waals surface area contributed by atoms with Gasteiger partial charge in [0.2, 0.25) is 0 Å². The number of hydrogen-bond acceptors (Lipinski definition) is 4. The Morgan fingerprint density at radius 2 is 1.71 bits per heavy atom. The van der Waals surface area contributed by atoms with Gasteiger partial charge in [0.15, 0.2) is 0 Å². The number of ether oxygens (including phenoxy) is 1. The van der Waals surface area contributed by atoms with Gasteiger partial charge in [-0.1, -0.05) is 0 Å². The summed E-state index contributed by atoms with van der Waals surface area (Å²) in [6.45, 7) is 9.64. The van der Waals surface area contributed by atoms with Crippen LogP contribution in [0.4, 0.5) is 4.79 Å². The van der Waals surface area contributed by atoms with Gasteiger partial charge in [0, 0.05) is 25.2 Å². The van der Waals surface area contributed by atoms with Gasteiger partial charge in [0.25, 0.3) is 0 Å². The number of carbonyl (C=O) groups excluding carboxylic acids is 1. The van der Waals surface area contributed by atoms with E-state index in [1.807, 2.05) is 25.7 Å². The molecule has 0 spiro atoms. The van der Waals surface area contributed by atoms with Crippen LogP contribution >= 0.6 is 0 Å². The Morgan fingerprint density at radius 3 is 2.19 bits per heavy atom. The Bertz CT molecular complexity index is 351. The summed E-state index contributed by atoms with van der Waals surface area (Å²) in [6.07, 6.45) is 4.99. The number of likely N-dealkylation sites (tertiary alicyclic amines) is 2. The van der Waals surface area contributed by atoms with Crippen molar-refractivity contribution in [3.63, 3.8) is 0 Å². The molecule has 1 N–H and O–H groups in total. The van der Waals surface area contributed by atoms with Gasteiger partial charge in [0.1, 0.15) is 5.60 Å². The number of rotatable bonds is 3. The van der Waals surface area contributed by atoms with E-state index in [0.29, 0.717) is 0 Å². The average molecular weight is 298 g/mol. The minimum Gasteiger partial charge on any atom is -0.444 e. The maximum atomic E-state index is 12.1. The highest BCUT2D eigenvalue weighted by atomic mass is 16.6. The number of nitrogens with zero attached hydrogens (tertiary/aromatic N) is 2. The van der Waals surface area contributed by atoms with Crippen molar-refractivity contribution in [2.24, 2.45) is 0 Å². The molecule has 2 heterocycles. The van der Waals surface area contributed by atoms with E-state index in [1.165, 1.54) is 12.8 Å². The molecule has 2 fully saturated rings. The lowest BCUT2D eigenvalue weighted by atomic mass is 9.83. The van der Waals surface area contributed by atoms with Crippen molar-refractivity contribution in [2.45, 2.75) is 64.0 Å². The van der Waals surface area contributed by atoms with Crippen LogP contribution in [0.15, 0.2) is 0 Å². The minimum atomic E-state index is -0.439. The molecule has 0 atom stereocenters. The molecule has 0 radical (unpaired) electrons. The molecule has 0 aliphatic carbocycles. The van der Waals surface area contributed by atoms with Crippen LogP contribution in [-0.4, -0.2) is 64.9 Å². The molecule has 21 heavy (non-hydrogen) atoms. The quantitative estimate of drug-likeness (QED) is 0.868. The zero-order valence-electron chi connectivity index (χ0n) is 13.7. The summed E-state index contributed by atoms with van der Waals surface area (Å²) in [5.41, 5.74) is -0.352. The third-order valence-corrected chi connectivity index (χ3v) is 4.70. The molecular weight excluding hydrogens is 268 g/mol. The molecule has 2 rings (SSSR count). The number of carbonyl (C=O) groups is 1. The predicted molar refractivity (Wildman–Crippen MR) is 82.3 cm³/mol. The average Bonchev–Trinajstić information content (AvgIpc) is 2.92. The third kappa shape index (κ3) is 4.10. The first-order valence-electron chi connectivity index (χ1n) is 8.20. The van der Waals surface area contributed by atoms with E-state index in [9.17, 15) is 9.90 Å². The van der Waals surface area contributed by atoms with Crippen molar-refractivity contribution in [3.8, 4) is 0 Å². The van der Waals surface area contributed by atoms with E-state index in [2.05, 4.69) is 4.90 Å². The molecule has 0 aromatic rings. The smallest absolute Gasteiger partial charge is 0.410 e. The molecule has 0 bridgehead atoms. The summed E-state index contributed by atoms with van der Waals surface area (Å²) in [6, 6.07) is 0. The first-order chi connectivity index (χ1) is 9.86. The fourth-order valence-electron chi connectivity index (χ4n) is 3.56. The summed E-state index contributed by atoms with van der Waals surface area (Å²) in [7, 11) is 0. The molecule has 0 unspecified atom stereocenters. The van der Waals surface area contributed by atoms with E-state index >= 15 is 0 Å². The number of aliphatic hydroxyl groups excluding tert-OH is 1. The molecule has 2 saturated heterocycles. The van der Waals surface area contributed by atoms with Crippen LogP contribution in [0.1, 0.15) is 52.9 Å². The third-order valence-electron chi connectivity index (χ3n) is 4.70. The van der Waals surface area contributed by atoms with Gasteiger partial charge in [-0.25, -0.2) is 4.79 Å². The Hall–Kier alpha value is -0.810. The summed E-state index contributed by atoms with van der Waals surface area (Å²) in [4.78, 5) is 16.5. The summed E-state index contributed by atoms with van der Waals surface area (Å²) in [5.74, 6) is 0. The van der Waals surface area contributed by atoms with E-state index in [0.717, 1.165) is 45.4 Å². The van der Waals surface area contributed by atoms with E-state index in [-0.39, 0.29) is 18.2 Å². The van der Waals surface area contributed by atoms with Gasteiger partial charge in [-0.3, -0.25) is 4.90 Å². The molecule has 1 amide bonds. The van der Waals surface area contributed by atoms with Crippen molar-refractivity contribution < 1.29 is 14.6 Å². The molecule has 2 aliphatic heterocycles. The molecular formula is C16H30N2O3. The summed E-state index contributed by atoms with van der Waals surface area (Å²) >= 11 is 0. The Labute approximate surface area is 128 Å². The SMILES string of the molecule is CC(C)(C)OC(=O)N1CCC(CCO)(N2CCCC2)CC1. The molecule has 5 heteroatoms. The highest BCUT2D eigenvalue weighted by Crippen LogP contribution is 2.35. The van der Waals surface area contributed by atoms with Crippen LogP contribution in [0.5, 0.6) is 0 Å². The number of piperidine rings is 1. The highest BCUT2D eigenvalue weighted by molar-refractivity contribution is 5.68. The van der Waals surface area contributed by atoms with Crippen molar-refractivity contribution in [2.75, 3.05) is 32.8 Å². The monoisotopic (exact) mass is 298 g/mol. The van der Waals surface area contributed by atoms with Gasteiger partial charge in [-0.05, 0) is 66.0 Å². The Morgan fingerprint density at radius 1 is 1.14 bits per heavy atom. The molecule has 0 aromatic carbocycles. The second-order valence-electron chi connectivity index (χ2n) is 7.36. The van der Waals surface area contributed by atoms with Crippen LogP contribution in [-0.2, 0) is 4.74 Å². The highest BCUT2D eigenvalue weighted by Gasteiger charge is 2.41. The van der Waals surface area contributed by atoms with Gasteiger partial charge in [-0.15, -0.1) is 0 Å². The lowest BCUT2D eigenvalue weighted by Gasteiger charge is -2.47. The second kappa shape index (κ2) is 6.53. The van der Waals surface area contributed by atoms with E-state index in [4.69, 9.17) is 4.74 Å². The molecule has 122 valence electrons. The fraction of sp³-hybridized carbons (Fsp3) is 0.938. The van der Waals surface area contributed by atoms with Crippen LogP contribution in [0, 0.1) is 0 Å². The fourth-order valence-corrected chi connectivity index (χ4v) is 3.56. The first kappa shape index (κ1) is 16.6.